The molecule has 1 N–H and O–H groups in total. The number of nitrogens with zero attached hydrogens (tertiary/aromatic N) is 2. The van der Waals surface area contributed by atoms with Crippen molar-refractivity contribution < 1.29 is 9.90 Å². The molecular weight excluding hydrogens is 276 g/mol. The number of carbonyl (C=O) groups is 1. The molecule has 0 aliphatic carbocycles. The van der Waals surface area contributed by atoms with Gasteiger partial charge in [-0.3, -0.25) is 4.79 Å². The van der Waals surface area contributed by atoms with E-state index in [1.807, 2.05) is 24.3 Å². The Balaban J connectivity index is 1.62. The summed E-state index contributed by atoms with van der Waals surface area (Å²) in [5.41, 5.74) is 1.91. The van der Waals surface area contributed by atoms with Gasteiger partial charge in [0.2, 0.25) is 0 Å². The van der Waals surface area contributed by atoms with Gasteiger partial charge in [0.05, 0.1) is 0 Å². The number of anilines is 1. The van der Waals surface area contributed by atoms with E-state index in [4.69, 9.17) is 0 Å². The molecule has 0 spiro atoms. The second-order valence-corrected chi connectivity index (χ2v) is 5.93. The van der Waals surface area contributed by atoms with Crippen LogP contribution < -0.4 is 4.90 Å². The van der Waals surface area contributed by atoms with E-state index < -0.39 is 0 Å². The number of phenols is 1. The van der Waals surface area contributed by atoms with Gasteiger partial charge in [-0.05, 0) is 55.5 Å². The zero-order valence-corrected chi connectivity index (χ0v) is 12.7. The van der Waals surface area contributed by atoms with E-state index in [2.05, 4.69) is 9.88 Å². The molecule has 1 atom stereocenters. The fourth-order valence-corrected chi connectivity index (χ4v) is 2.95. The maximum atomic E-state index is 11.3. The van der Waals surface area contributed by atoms with Crippen molar-refractivity contribution in [3.63, 3.8) is 0 Å². The van der Waals surface area contributed by atoms with Gasteiger partial charge in [-0.15, -0.1) is 0 Å². The van der Waals surface area contributed by atoms with Gasteiger partial charge in [-0.25, -0.2) is 4.98 Å². The molecule has 3 rings (SSSR count). The number of carbonyl (C=O) groups excluding carboxylic acids is 1. The Morgan fingerprint density at radius 1 is 1.27 bits per heavy atom. The van der Waals surface area contributed by atoms with Crippen molar-refractivity contribution in [1.82, 2.24) is 4.98 Å². The van der Waals surface area contributed by atoms with Crippen LogP contribution in [0.3, 0.4) is 0 Å². The third-order valence-corrected chi connectivity index (χ3v) is 4.22. The van der Waals surface area contributed by atoms with Crippen molar-refractivity contribution in [1.29, 1.82) is 0 Å². The first kappa shape index (κ1) is 14.6. The SMILES string of the molecule is CC(=O)c1ccc(N2CCC(Cc3ccc(O)cc3)C2)nc1. The van der Waals surface area contributed by atoms with Crippen LogP contribution in [-0.4, -0.2) is 29.0 Å². The standard InChI is InChI=1S/C18H20N2O2/c1-13(21)16-4-7-18(19-11-16)20-9-8-15(12-20)10-14-2-5-17(22)6-3-14/h2-7,11,15,22H,8-10,12H2,1H3. The lowest BCUT2D eigenvalue weighted by Crippen LogP contribution is -2.21. The van der Waals surface area contributed by atoms with Gasteiger partial charge in [0.25, 0.3) is 0 Å². The highest BCUT2D eigenvalue weighted by atomic mass is 16.3. The molecule has 0 saturated carbocycles. The Morgan fingerprint density at radius 3 is 2.68 bits per heavy atom. The summed E-state index contributed by atoms with van der Waals surface area (Å²) in [6.07, 6.45) is 3.81. The molecule has 22 heavy (non-hydrogen) atoms. The number of Topliss-reactive ketones (excluding diaryl/α,β-unsaturated/α-hetero) is 1. The summed E-state index contributed by atoms with van der Waals surface area (Å²) in [5, 5.41) is 9.33. The van der Waals surface area contributed by atoms with Crippen LogP contribution in [0.2, 0.25) is 0 Å². The average molecular weight is 296 g/mol. The van der Waals surface area contributed by atoms with Crippen molar-refractivity contribution in [2.45, 2.75) is 19.8 Å². The number of aromatic hydroxyl groups is 1. The van der Waals surface area contributed by atoms with Crippen LogP contribution >= 0.6 is 0 Å². The molecule has 0 bridgehead atoms. The van der Waals surface area contributed by atoms with Crippen LogP contribution in [0.1, 0.15) is 29.3 Å². The van der Waals surface area contributed by atoms with Crippen molar-refractivity contribution in [2.75, 3.05) is 18.0 Å². The van der Waals surface area contributed by atoms with Crippen LogP contribution in [0.25, 0.3) is 0 Å². The van der Waals surface area contributed by atoms with Gasteiger partial charge in [-0.2, -0.15) is 0 Å². The van der Waals surface area contributed by atoms with Crippen molar-refractivity contribution in [2.24, 2.45) is 5.92 Å². The summed E-state index contributed by atoms with van der Waals surface area (Å²) in [6.45, 7) is 3.53. The molecule has 1 aliphatic heterocycles. The third kappa shape index (κ3) is 3.27. The summed E-state index contributed by atoms with van der Waals surface area (Å²) in [5.74, 6) is 1.90. The number of benzene rings is 1. The summed E-state index contributed by atoms with van der Waals surface area (Å²) in [6, 6.07) is 11.2. The smallest absolute Gasteiger partial charge is 0.161 e. The number of rotatable bonds is 4. The number of phenolic OH excluding ortho intramolecular Hbond substituents is 1. The Morgan fingerprint density at radius 2 is 2.05 bits per heavy atom. The van der Waals surface area contributed by atoms with Crippen LogP contribution in [0, 0.1) is 5.92 Å². The highest BCUT2D eigenvalue weighted by molar-refractivity contribution is 5.93. The Hall–Kier alpha value is -2.36. The molecule has 114 valence electrons. The quantitative estimate of drug-likeness (QED) is 0.881. The van der Waals surface area contributed by atoms with Gasteiger partial charge in [-0.1, -0.05) is 12.1 Å². The molecule has 1 fully saturated rings. The lowest BCUT2D eigenvalue weighted by Gasteiger charge is -2.17. The van der Waals surface area contributed by atoms with E-state index in [1.54, 1.807) is 25.3 Å². The number of ketones is 1. The zero-order valence-electron chi connectivity index (χ0n) is 12.7. The van der Waals surface area contributed by atoms with Gasteiger partial charge >= 0.3 is 0 Å². The van der Waals surface area contributed by atoms with Crippen LogP contribution in [0.4, 0.5) is 5.82 Å². The molecule has 0 amide bonds. The molecule has 2 heterocycles. The number of aromatic nitrogens is 1. The van der Waals surface area contributed by atoms with Gasteiger partial charge in [0, 0.05) is 24.8 Å². The van der Waals surface area contributed by atoms with Crippen LogP contribution in [-0.2, 0) is 6.42 Å². The topological polar surface area (TPSA) is 53.4 Å². The fraction of sp³-hybridized carbons (Fsp3) is 0.333. The summed E-state index contributed by atoms with van der Waals surface area (Å²) in [7, 11) is 0. The third-order valence-electron chi connectivity index (χ3n) is 4.22. The van der Waals surface area contributed by atoms with E-state index in [1.165, 1.54) is 5.56 Å². The predicted molar refractivity (Wildman–Crippen MR) is 86.4 cm³/mol. The van der Waals surface area contributed by atoms with E-state index in [0.717, 1.165) is 31.7 Å². The minimum absolute atomic E-state index is 0.0469. The minimum atomic E-state index is 0.0469. The molecule has 1 saturated heterocycles. The number of pyridine rings is 1. The van der Waals surface area contributed by atoms with E-state index in [0.29, 0.717) is 17.2 Å². The molecule has 1 aromatic carbocycles. The molecule has 1 aromatic heterocycles. The molecule has 0 radical (unpaired) electrons. The van der Waals surface area contributed by atoms with Crippen molar-refractivity contribution in [3.05, 3.63) is 53.7 Å². The fourth-order valence-electron chi connectivity index (χ4n) is 2.95. The average Bonchev–Trinajstić information content (AvgIpc) is 2.98. The maximum Gasteiger partial charge on any atom is 0.161 e. The van der Waals surface area contributed by atoms with Crippen LogP contribution in [0.15, 0.2) is 42.6 Å². The van der Waals surface area contributed by atoms with Crippen LogP contribution in [0.5, 0.6) is 5.75 Å². The second kappa shape index (κ2) is 6.18. The first-order valence-electron chi connectivity index (χ1n) is 7.61. The number of hydrogen-bond donors (Lipinski definition) is 1. The summed E-state index contributed by atoms with van der Waals surface area (Å²) < 4.78 is 0. The molecule has 2 aromatic rings. The molecule has 4 nitrogen and oxygen atoms in total. The largest absolute Gasteiger partial charge is 0.508 e. The first-order valence-corrected chi connectivity index (χ1v) is 7.61. The summed E-state index contributed by atoms with van der Waals surface area (Å²) in [4.78, 5) is 18.0. The minimum Gasteiger partial charge on any atom is -0.508 e. The second-order valence-electron chi connectivity index (χ2n) is 5.93. The Bertz CT molecular complexity index is 650. The van der Waals surface area contributed by atoms with Gasteiger partial charge in [0.15, 0.2) is 5.78 Å². The van der Waals surface area contributed by atoms with Gasteiger partial charge in [0.1, 0.15) is 11.6 Å². The highest BCUT2D eigenvalue weighted by Gasteiger charge is 2.23. The van der Waals surface area contributed by atoms with E-state index in [9.17, 15) is 9.90 Å². The van der Waals surface area contributed by atoms with Crippen molar-refractivity contribution in [3.8, 4) is 5.75 Å². The monoisotopic (exact) mass is 296 g/mol. The summed E-state index contributed by atoms with van der Waals surface area (Å²) >= 11 is 0. The lowest BCUT2D eigenvalue weighted by molar-refractivity contribution is 0.101. The predicted octanol–water partition coefficient (Wildman–Crippen LogP) is 3.06. The molecule has 1 unspecified atom stereocenters. The van der Waals surface area contributed by atoms with E-state index in [-0.39, 0.29) is 5.78 Å². The van der Waals surface area contributed by atoms with Crippen molar-refractivity contribution >= 4 is 11.6 Å². The lowest BCUT2D eigenvalue weighted by atomic mass is 9.99. The number of hydrogen-bond acceptors (Lipinski definition) is 4. The Kier molecular flexibility index (Phi) is 4.09. The van der Waals surface area contributed by atoms with Gasteiger partial charge < -0.3 is 10.0 Å². The maximum absolute atomic E-state index is 11.3. The Labute approximate surface area is 130 Å². The molecular formula is C18H20N2O2. The first-order chi connectivity index (χ1) is 10.6. The molecule has 1 aliphatic rings. The van der Waals surface area contributed by atoms with E-state index >= 15 is 0 Å². The highest BCUT2D eigenvalue weighted by Crippen LogP contribution is 2.25. The normalized spacial score (nSPS) is 17.7. The molecule has 4 heteroatoms. The zero-order chi connectivity index (χ0) is 15.5.